The summed E-state index contributed by atoms with van der Waals surface area (Å²) in [6.45, 7) is 2.83. The molecule has 0 fully saturated rings. The first-order chi connectivity index (χ1) is 8.58. The molecule has 0 aliphatic carbocycles. The first-order valence-electron chi connectivity index (χ1n) is 5.63. The maximum atomic E-state index is 11.0. The highest BCUT2D eigenvalue weighted by Crippen LogP contribution is 2.29. The van der Waals surface area contributed by atoms with Gasteiger partial charge >= 0.3 is 0 Å². The van der Waals surface area contributed by atoms with Gasteiger partial charge in [-0.3, -0.25) is 10.1 Å². The van der Waals surface area contributed by atoms with Gasteiger partial charge in [-0.2, -0.15) is 11.8 Å². The summed E-state index contributed by atoms with van der Waals surface area (Å²) in [5.74, 6) is 1.97. The Morgan fingerprint density at radius 1 is 1.56 bits per heavy atom. The van der Waals surface area contributed by atoms with Crippen molar-refractivity contribution in [2.75, 3.05) is 31.0 Å². The molecule has 1 unspecified atom stereocenters. The van der Waals surface area contributed by atoms with Crippen LogP contribution in [0.3, 0.4) is 0 Å². The molecule has 0 aliphatic rings. The fourth-order valence-electron chi connectivity index (χ4n) is 1.57. The van der Waals surface area contributed by atoms with Crippen molar-refractivity contribution in [3.63, 3.8) is 0 Å². The highest BCUT2D eigenvalue weighted by molar-refractivity contribution is 7.98. The van der Waals surface area contributed by atoms with E-state index in [1.54, 1.807) is 23.9 Å². The molecule has 1 aromatic rings. The van der Waals surface area contributed by atoms with Gasteiger partial charge in [0.15, 0.2) is 0 Å². The number of ether oxygens (including phenoxy) is 1. The van der Waals surface area contributed by atoms with E-state index in [-0.39, 0.29) is 5.69 Å². The Kier molecular flexibility index (Phi) is 5.77. The number of rotatable bonds is 7. The summed E-state index contributed by atoms with van der Waals surface area (Å²) in [7, 11) is 1.49. The van der Waals surface area contributed by atoms with Gasteiger partial charge in [-0.1, -0.05) is 6.92 Å². The van der Waals surface area contributed by atoms with Gasteiger partial charge in [0, 0.05) is 6.54 Å². The van der Waals surface area contributed by atoms with Crippen LogP contribution in [-0.4, -0.2) is 30.6 Å². The fourth-order valence-corrected chi connectivity index (χ4v) is 2.25. The number of anilines is 1. The second-order valence-corrected chi connectivity index (χ2v) is 4.99. The van der Waals surface area contributed by atoms with Crippen molar-refractivity contribution in [1.29, 1.82) is 0 Å². The van der Waals surface area contributed by atoms with Gasteiger partial charge in [-0.15, -0.1) is 0 Å². The highest BCUT2D eigenvalue weighted by Gasteiger charge is 2.15. The lowest BCUT2D eigenvalue weighted by Gasteiger charge is -2.12. The third-order valence-corrected chi connectivity index (χ3v) is 3.40. The quantitative estimate of drug-likeness (QED) is 0.609. The normalized spacial score (nSPS) is 11.9. The number of hydrogen-bond donors (Lipinski definition) is 1. The Labute approximate surface area is 111 Å². The average molecular weight is 270 g/mol. The molecule has 18 heavy (non-hydrogen) atoms. The topological polar surface area (TPSA) is 64.4 Å². The van der Waals surface area contributed by atoms with Crippen molar-refractivity contribution in [1.82, 2.24) is 0 Å². The van der Waals surface area contributed by atoms with E-state index in [1.165, 1.54) is 13.2 Å². The van der Waals surface area contributed by atoms with Gasteiger partial charge in [0.05, 0.1) is 18.1 Å². The van der Waals surface area contributed by atoms with Crippen molar-refractivity contribution in [2.45, 2.75) is 6.92 Å². The van der Waals surface area contributed by atoms with Crippen LogP contribution in [0.4, 0.5) is 11.4 Å². The predicted molar refractivity (Wildman–Crippen MR) is 75.7 cm³/mol. The van der Waals surface area contributed by atoms with E-state index in [0.29, 0.717) is 23.9 Å². The van der Waals surface area contributed by atoms with Crippen LogP contribution in [0.2, 0.25) is 0 Å². The summed E-state index contributed by atoms with van der Waals surface area (Å²) in [6.07, 6.45) is 2.05. The Hall–Kier alpha value is -1.43. The summed E-state index contributed by atoms with van der Waals surface area (Å²) >= 11 is 1.77. The molecule has 0 spiro atoms. The van der Waals surface area contributed by atoms with Gasteiger partial charge in [-0.25, -0.2) is 0 Å². The molecule has 1 N–H and O–H groups in total. The van der Waals surface area contributed by atoms with Crippen molar-refractivity contribution < 1.29 is 9.66 Å². The van der Waals surface area contributed by atoms with E-state index in [0.717, 1.165) is 5.75 Å². The fraction of sp³-hybridized carbons (Fsp3) is 0.500. The van der Waals surface area contributed by atoms with Gasteiger partial charge in [0.1, 0.15) is 11.4 Å². The summed E-state index contributed by atoms with van der Waals surface area (Å²) in [5.41, 5.74) is 0.583. The van der Waals surface area contributed by atoms with Gasteiger partial charge in [0.2, 0.25) is 0 Å². The van der Waals surface area contributed by atoms with Crippen LogP contribution in [-0.2, 0) is 0 Å². The monoisotopic (exact) mass is 270 g/mol. The molecule has 0 saturated heterocycles. The van der Waals surface area contributed by atoms with Crippen LogP contribution in [0.1, 0.15) is 6.92 Å². The molecule has 1 aromatic carbocycles. The Balaban J connectivity index is 2.78. The van der Waals surface area contributed by atoms with Crippen molar-refractivity contribution >= 4 is 23.1 Å². The summed E-state index contributed by atoms with van der Waals surface area (Å²) < 4.78 is 4.99. The van der Waals surface area contributed by atoms with E-state index in [1.807, 2.05) is 6.26 Å². The van der Waals surface area contributed by atoms with Crippen LogP contribution in [0.15, 0.2) is 18.2 Å². The molecule has 1 atom stereocenters. The number of hydrogen-bond acceptors (Lipinski definition) is 5. The summed E-state index contributed by atoms with van der Waals surface area (Å²) in [5, 5.41) is 14.1. The van der Waals surface area contributed by atoms with E-state index in [2.05, 4.69) is 12.2 Å². The largest absolute Gasteiger partial charge is 0.496 e. The molecule has 5 nitrogen and oxygen atoms in total. The van der Waals surface area contributed by atoms with Crippen LogP contribution in [0, 0.1) is 16.0 Å². The molecule has 1 rings (SSSR count). The average Bonchev–Trinajstić information content (AvgIpc) is 2.36. The molecule has 0 radical (unpaired) electrons. The first-order valence-corrected chi connectivity index (χ1v) is 7.03. The molecule has 6 heteroatoms. The molecule has 0 heterocycles. The zero-order chi connectivity index (χ0) is 13.5. The SMILES string of the molecule is COc1ccc(NCC(C)CSC)c([N+](=O)[O-])c1. The second-order valence-electron chi connectivity index (χ2n) is 4.08. The van der Waals surface area contributed by atoms with E-state index < -0.39 is 4.92 Å². The number of methoxy groups -OCH3 is 1. The van der Waals surface area contributed by atoms with E-state index in [4.69, 9.17) is 4.74 Å². The third kappa shape index (κ3) is 4.10. The molecule has 0 amide bonds. The third-order valence-electron chi connectivity index (χ3n) is 2.49. The minimum Gasteiger partial charge on any atom is -0.496 e. The van der Waals surface area contributed by atoms with Gasteiger partial charge in [0.25, 0.3) is 5.69 Å². The summed E-state index contributed by atoms with van der Waals surface area (Å²) in [4.78, 5) is 10.6. The van der Waals surface area contributed by atoms with Crippen LogP contribution in [0.25, 0.3) is 0 Å². The lowest BCUT2D eigenvalue weighted by molar-refractivity contribution is -0.384. The number of nitro benzene ring substituents is 1. The number of nitrogens with one attached hydrogen (secondary N) is 1. The minimum atomic E-state index is -0.399. The van der Waals surface area contributed by atoms with Crippen LogP contribution >= 0.6 is 11.8 Å². The molecule has 0 bridgehead atoms. The zero-order valence-electron chi connectivity index (χ0n) is 10.8. The molecule has 0 aliphatic heterocycles. The summed E-state index contributed by atoms with van der Waals surface area (Å²) in [6, 6.07) is 4.83. The maximum Gasteiger partial charge on any atom is 0.296 e. The van der Waals surface area contributed by atoms with E-state index >= 15 is 0 Å². The number of nitro groups is 1. The maximum absolute atomic E-state index is 11.0. The lowest BCUT2D eigenvalue weighted by atomic mass is 10.2. The van der Waals surface area contributed by atoms with E-state index in [9.17, 15) is 10.1 Å². The standard InChI is InChI=1S/C12H18N2O3S/c1-9(8-18-3)7-13-11-5-4-10(17-2)6-12(11)14(15)16/h4-6,9,13H,7-8H2,1-3H3. The Bertz CT molecular complexity index is 412. The number of thioether (sulfide) groups is 1. The Morgan fingerprint density at radius 2 is 2.28 bits per heavy atom. The van der Waals surface area contributed by atoms with Crippen molar-refractivity contribution in [2.24, 2.45) is 5.92 Å². The zero-order valence-corrected chi connectivity index (χ0v) is 11.6. The smallest absolute Gasteiger partial charge is 0.296 e. The van der Waals surface area contributed by atoms with Crippen LogP contribution in [0.5, 0.6) is 5.75 Å². The minimum absolute atomic E-state index is 0.0469. The molecular weight excluding hydrogens is 252 g/mol. The molecule has 0 saturated carbocycles. The highest BCUT2D eigenvalue weighted by atomic mass is 32.2. The Morgan fingerprint density at radius 3 is 2.83 bits per heavy atom. The molecular formula is C12H18N2O3S. The van der Waals surface area contributed by atoms with Crippen molar-refractivity contribution in [3.8, 4) is 5.75 Å². The molecule has 100 valence electrons. The second kappa shape index (κ2) is 7.10. The van der Waals surface area contributed by atoms with Gasteiger partial charge < -0.3 is 10.1 Å². The predicted octanol–water partition coefficient (Wildman–Crippen LogP) is 3.01. The van der Waals surface area contributed by atoms with Gasteiger partial charge in [-0.05, 0) is 30.1 Å². The molecule has 0 aromatic heterocycles. The number of benzene rings is 1. The lowest BCUT2D eigenvalue weighted by Crippen LogP contribution is -2.14. The van der Waals surface area contributed by atoms with Crippen molar-refractivity contribution in [3.05, 3.63) is 28.3 Å². The number of nitrogens with zero attached hydrogens (tertiary/aromatic N) is 1. The first kappa shape index (κ1) is 14.6. The van der Waals surface area contributed by atoms with Crippen LogP contribution < -0.4 is 10.1 Å².